The number of fused-ring (bicyclic) bond motifs is 1. The molecule has 0 aliphatic rings. The van der Waals surface area contributed by atoms with Crippen LogP contribution in [0.3, 0.4) is 0 Å². The molecule has 0 bridgehead atoms. The molecule has 2 heterocycles. The van der Waals surface area contributed by atoms with Gasteiger partial charge in [0.05, 0.1) is 29.4 Å². The second-order valence-corrected chi connectivity index (χ2v) is 6.89. The third-order valence-electron chi connectivity index (χ3n) is 4.89. The molecule has 0 unspecified atom stereocenters. The molecule has 0 saturated heterocycles. The Morgan fingerprint density at radius 1 is 1.28 bits per heavy atom. The van der Waals surface area contributed by atoms with E-state index in [0.29, 0.717) is 41.5 Å². The third kappa shape index (κ3) is 3.97. The number of carbonyl (C=O) groups excluding carboxylic acids is 1. The Labute approximate surface area is 182 Å². The van der Waals surface area contributed by atoms with Gasteiger partial charge in [-0.15, -0.1) is 0 Å². The van der Waals surface area contributed by atoms with Crippen molar-refractivity contribution in [1.29, 1.82) is 5.26 Å². The molecule has 162 valence electrons. The summed E-state index contributed by atoms with van der Waals surface area (Å²) in [5.74, 6) is -0.383. The van der Waals surface area contributed by atoms with Crippen molar-refractivity contribution < 1.29 is 18.8 Å². The van der Waals surface area contributed by atoms with Crippen molar-refractivity contribution in [3.05, 3.63) is 64.3 Å². The number of hydrogen-bond donors (Lipinski definition) is 2. The lowest BCUT2D eigenvalue weighted by Crippen LogP contribution is -2.16. The minimum absolute atomic E-state index is 0.105. The van der Waals surface area contributed by atoms with Crippen molar-refractivity contribution in [3.8, 4) is 23.2 Å². The summed E-state index contributed by atoms with van der Waals surface area (Å²) in [5, 5.41) is 16.5. The zero-order valence-electron chi connectivity index (χ0n) is 17.3. The number of amides is 1. The quantitative estimate of drug-likeness (QED) is 0.428. The maximum Gasteiger partial charge on any atom is 0.439 e. The second-order valence-electron chi connectivity index (χ2n) is 6.89. The van der Waals surface area contributed by atoms with Gasteiger partial charge in [-0.05, 0) is 30.3 Å². The summed E-state index contributed by atoms with van der Waals surface area (Å²) >= 11 is 0. The number of nitrogens with zero attached hydrogens (tertiary/aromatic N) is 3. The molecular formula is C22H19N5O5. The summed E-state index contributed by atoms with van der Waals surface area (Å²) in [6.45, 7) is 0.826. The molecule has 4 rings (SSSR count). The van der Waals surface area contributed by atoms with Gasteiger partial charge < -0.3 is 19.4 Å². The van der Waals surface area contributed by atoms with Crippen LogP contribution in [-0.2, 0) is 11.8 Å². The van der Waals surface area contributed by atoms with Crippen LogP contribution in [0.1, 0.15) is 16.1 Å². The van der Waals surface area contributed by atoms with E-state index in [2.05, 4.69) is 20.0 Å². The summed E-state index contributed by atoms with van der Waals surface area (Å²) in [7, 11) is 3.37. The Morgan fingerprint density at radius 3 is 2.84 bits per heavy atom. The van der Waals surface area contributed by atoms with Gasteiger partial charge in [-0.1, -0.05) is 17.3 Å². The van der Waals surface area contributed by atoms with Crippen molar-refractivity contribution in [2.75, 3.05) is 25.6 Å². The number of anilines is 1. The largest absolute Gasteiger partial charge is 0.489 e. The number of nitrogens with one attached hydrogen (secondary N) is 2. The lowest BCUT2D eigenvalue weighted by Gasteiger charge is -2.11. The van der Waals surface area contributed by atoms with Crippen LogP contribution in [0.15, 0.2) is 51.8 Å². The van der Waals surface area contributed by atoms with E-state index < -0.39 is 5.76 Å². The number of aryl methyl sites for hydroxylation is 1. The number of benzene rings is 2. The fourth-order valence-corrected chi connectivity index (χ4v) is 3.40. The van der Waals surface area contributed by atoms with Gasteiger partial charge in [0.1, 0.15) is 18.1 Å². The number of H-pyrrole nitrogens is 1. The Bertz CT molecular complexity index is 1390. The highest BCUT2D eigenvalue weighted by molar-refractivity contribution is 6.08. The third-order valence-corrected chi connectivity index (χ3v) is 4.89. The molecule has 0 aliphatic carbocycles. The molecule has 2 aromatic carbocycles. The van der Waals surface area contributed by atoms with Gasteiger partial charge in [-0.25, -0.2) is 4.79 Å². The van der Waals surface area contributed by atoms with Gasteiger partial charge in [0.25, 0.3) is 5.91 Å². The standard InChI is InChI=1S/C22H19N5O5/c1-27-17(11-14-4-3-5-18(19(14)27)31-9-8-30-2)21(28)24-16-7-6-13(12-23)10-15(16)20-25-22(29)32-26-20/h3-7,10-11H,8-9H2,1-2H3,(H,24,28)(H,25,26,29). The SMILES string of the molecule is COCCOc1cccc2cc(C(=O)Nc3ccc(C#N)cc3-c3noc(=O)[nH]3)n(C)c12. The summed E-state index contributed by atoms with van der Waals surface area (Å²) in [6.07, 6.45) is 0. The first-order chi connectivity index (χ1) is 15.5. The number of nitriles is 1. The average molecular weight is 433 g/mol. The van der Waals surface area contributed by atoms with Gasteiger partial charge >= 0.3 is 5.76 Å². The smallest absolute Gasteiger partial charge is 0.439 e. The minimum Gasteiger partial charge on any atom is -0.489 e. The Kier molecular flexibility index (Phi) is 5.74. The average Bonchev–Trinajstić information content (AvgIpc) is 3.38. The fraction of sp³-hybridized carbons (Fsp3) is 0.182. The maximum atomic E-state index is 13.1. The molecule has 0 saturated carbocycles. The fourth-order valence-electron chi connectivity index (χ4n) is 3.40. The molecule has 32 heavy (non-hydrogen) atoms. The van der Waals surface area contributed by atoms with E-state index in [1.807, 2.05) is 24.3 Å². The number of ether oxygens (including phenoxy) is 2. The van der Waals surface area contributed by atoms with E-state index >= 15 is 0 Å². The topological polar surface area (TPSA) is 135 Å². The zero-order chi connectivity index (χ0) is 22.7. The predicted octanol–water partition coefficient (Wildman–Crippen LogP) is 2.67. The summed E-state index contributed by atoms with van der Waals surface area (Å²) in [6, 6.07) is 14.0. The minimum atomic E-state index is -0.741. The predicted molar refractivity (Wildman–Crippen MR) is 116 cm³/mol. The second kappa shape index (κ2) is 8.79. The first kappa shape index (κ1) is 20.9. The summed E-state index contributed by atoms with van der Waals surface area (Å²) < 4.78 is 17.1. The number of aromatic nitrogens is 3. The molecule has 2 N–H and O–H groups in total. The van der Waals surface area contributed by atoms with Crippen LogP contribution in [0.25, 0.3) is 22.3 Å². The van der Waals surface area contributed by atoms with Gasteiger partial charge in [0, 0.05) is 25.1 Å². The summed E-state index contributed by atoms with van der Waals surface area (Å²) in [5.41, 5.74) is 2.22. The number of rotatable bonds is 7. The highest BCUT2D eigenvalue weighted by Crippen LogP contribution is 2.30. The maximum absolute atomic E-state index is 13.1. The number of aromatic amines is 1. The van der Waals surface area contributed by atoms with Crippen molar-refractivity contribution in [1.82, 2.24) is 14.7 Å². The molecule has 0 radical (unpaired) electrons. The lowest BCUT2D eigenvalue weighted by molar-refractivity contribution is 0.101. The van der Waals surface area contributed by atoms with Gasteiger partial charge in [0.2, 0.25) is 0 Å². The number of carbonyl (C=O) groups is 1. The number of hydrogen-bond acceptors (Lipinski definition) is 7. The molecule has 4 aromatic rings. The molecule has 0 atom stereocenters. The van der Waals surface area contributed by atoms with Crippen molar-refractivity contribution in [2.45, 2.75) is 0 Å². The van der Waals surface area contributed by atoms with Crippen LogP contribution in [0, 0.1) is 11.3 Å². The van der Waals surface area contributed by atoms with Crippen LogP contribution in [0.4, 0.5) is 5.69 Å². The van der Waals surface area contributed by atoms with Gasteiger partial charge in [0.15, 0.2) is 5.82 Å². The first-order valence-corrected chi connectivity index (χ1v) is 9.64. The monoisotopic (exact) mass is 433 g/mol. The van der Waals surface area contributed by atoms with Crippen LogP contribution < -0.4 is 15.8 Å². The summed E-state index contributed by atoms with van der Waals surface area (Å²) in [4.78, 5) is 27.0. The molecule has 2 aromatic heterocycles. The highest BCUT2D eigenvalue weighted by Gasteiger charge is 2.19. The van der Waals surface area contributed by atoms with Crippen LogP contribution in [-0.4, -0.2) is 40.9 Å². The number of methoxy groups -OCH3 is 1. The van der Waals surface area contributed by atoms with Crippen molar-refractivity contribution in [2.24, 2.45) is 7.05 Å². The molecule has 0 aliphatic heterocycles. The lowest BCUT2D eigenvalue weighted by atomic mass is 10.1. The molecule has 0 fully saturated rings. The van der Waals surface area contributed by atoms with Crippen LogP contribution in [0.5, 0.6) is 5.75 Å². The number of para-hydroxylation sites is 1. The molecule has 10 heteroatoms. The van der Waals surface area contributed by atoms with E-state index in [1.165, 1.54) is 6.07 Å². The van der Waals surface area contributed by atoms with E-state index in [4.69, 9.17) is 9.47 Å². The Hall–Kier alpha value is -4.36. The Balaban J connectivity index is 1.69. The van der Waals surface area contributed by atoms with Crippen molar-refractivity contribution in [3.63, 3.8) is 0 Å². The molecule has 10 nitrogen and oxygen atoms in total. The zero-order valence-corrected chi connectivity index (χ0v) is 17.3. The van der Waals surface area contributed by atoms with Gasteiger partial charge in [-0.3, -0.25) is 14.3 Å². The van der Waals surface area contributed by atoms with Gasteiger partial charge in [-0.2, -0.15) is 5.26 Å². The van der Waals surface area contributed by atoms with Crippen molar-refractivity contribution >= 4 is 22.5 Å². The Morgan fingerprint density at radius 2 is 2.12 bits per heavy atom. The molecule has 1 amide bonds. The molecule has 0 spiro atoms. The van der Waals surface area contributed by atoms with Crippen LogP contribution in [0.2, 0.25) is 0 Å². The van der Waals surface area contributed by atoms with E-state index in [9.17, 15) is 14.9 Å². The van der Waals surface area contributed by atoms with E-state index in [-0.39, 0.29) is 11.7 Å². The van der Waals surface area contributed by atoms with E-state index in [1.54, 1.807) is 36.9 Å². The normalized spacial score (nSPS) is 10.8. The first-order valence-electron chi connectivity index (χ1n) is 9.64. The van der Waals surface area contributed by atoms with E-state index in [0.717, 1.165) is 10.9 Å². The molecular weight excluding hydrogens is 414 g/mol. The highest BCUT2D eigenvalue weighted by atomic mass is 16.5. The van der Waals surface area contributed by atoms with Crippen LogP contribution >= 0.6 is 0 Å².